The lowest BCUT2D eigenvalue weighted by atomic mass is 9.97. The minimum Gasteiger partial charge on any atom is -0.460 e. The Bertz CT molecular complexity index is 827. The van der Waals surface area contributed by atoms with Crippen LogP contribution in [0, 0.1) is 0 Å². The van der Waals surface area contributed by atoms with Crippen LogP contribution in [0.2, 0.25) is 0 Å². The van der Waals surface area contributed by atoms with Gasteiger partial charge in [0.15, 0.2) is 0 Å². The molecule has 0 saturated heterocycles. The SMILES string of the molecule is C[C@H](c1ccccc1)N(CCCN=[N+]=[N-])[C@@H](CC(=O)OC(C)(C)C)c1ccccc1. The number of carbonyl (C=O) groups excluding carboxylic acids is 1. The van der Waals surface area contributed by atoms with Crippen molar-refractivity contribution in [3.05, 3.63) is 82.2 Å². The van der Waals surface area contributed by atoms with Crippen molar-refractivity contribution in [2.45, 2.75) is 58.2 Å². The molecule has 2 atom stereocenters. The van der Waals surface area contributed by atoms with Gasteiger partial charge in [-0.3, -0.25) is 9.69 Å². The maximum atomic E-state index is 12.8. The van der Waals surface area contributed by atoms with Crippen LogP contribution >= 0.6 is 0 Å². The smallest absolute Gasteiger partial charge is 0.308 e. The molecule has 0 radical (unpaired) electrons. The average Bonchev–Trinajstić information content (AvgIpc) is 2.72. The Morgan fingerprint density at radius 2 is 1.63 bits per heavy atom. The molecule has 0 aliphatic rings. The summed E-state index contributed by atoms with van der Waals surface area (Å²) >= 11 is 0. The summed E-state index contributed by atoms with van der Waals surface area (Å²) in [6.07, 6.45) is 0.957. The first-order chi connectivity index (χ1) is 14.3. The number of rotatable bonds is 10. The van der Waals surface area contributed by atoms with Gasteiger partial charge in [0.05, 0.1) is 6.42 Å². The summed E-state index contributed by atoms with van der Waals surface area (Å²) in [4.78, 5) is 17.9. The standard InChI is InChI=1S/C24H32N4O2/c1-19(20-12-7-5-8-13-20)28(17-11-16-26-27-25)22(21-14-9-6-10-15-21)18-23(29)30-24(2,3)4/h5-10,12-15,19,22H,11,16-18H2,1-4H3/t19-,22+/m1/s1. The Labute approximate surface area is 179 Å². The molecule has 2 rings (SSSR count). The van der Waals surface area contributed by atoms with E-state index in [9.17, 15) is 4.79 Å². The van der Waals surface area contributed by atoms with E-state index in [4.69, 9.17) is 10.3 Å². The Morgan fingerprint density at radius 3 is 2.17 bits per heavy atom. The number of benzene rings is 2. The summed E-state index contributed by atoms with van der Waals surface area (Å²) in [5.41, 5.74) is 10.3. The van der Waals surface area contributed by atoms with Crippen LogP contribution in [0.1, 0.15) is 63.7 Å². The lowest BCUT2D eigenvalue weighted by molar-refractivity contribution is -0.156. The van der Waals surface area contributed by atoms with E-state index in [1.807, 2.05) is 69.3 Å². The molecule has 6 heteroatoms. The Balaban J connectivity index is 2.36. The van der Waals surface area contributed by atoms with Crippen molar-refractivity contribution >= 4 is 5.97 Å². The summed E-state index contributed by atoms with van der Waals surface area (Å²) in [5, 5.41) is 3.68. The second-order valence-corrected chi connectivity index (χ2v) is 8.35. The third-order valence-corrected chi connectivity index (χ3v) is 4.88. The highest BCUT2D eigenvalue weighted by Crippen LogP contribution is 2.33. The summed E-state index contributed by atoms with van der Waals surface area (Å²) in [6, 6.07) is 20.2. The molecule has 0 saturated carbocycles. The zero-order valence-corrected chi connectivity index (χ0v) is 18.4. The highest BCUT2D eigenvalue weighted by Gasteiger charge is 2.29. The summed E-state index contributed by atoms with van der Waals surface area (Å²) in [7, 11) is 0. The second-order valence-electron chi connectivity index (χ2n) is 8.35. The van der Waals surface area contributed by atoms with Crippen molar-refractivity contribution in [3.8, 4) is 0 Å². The van der Waals surface area contributed by atoms with Crippen LogP contribution in [0.25, 0.3) is 10.4 Å². The third-order valence-electron chi connectivity index (χ3n) is 4.88. The average molecular weight is 409 g/mol. The van der Waals surface area contributed by atoms with Crippen molar-refractivity contribution in [1.29, 1.82) is 0 Å². The quantitative estimate of drug-likeness (QED) is 0.154. The van der Waals surface area contributed by atoms with E-state index in [0.717, 1.165) is 5.56 Å². The number of ether oxygens (including phenoxy) is 1. The first-order valence-corrected chi connectivity index (χ1v) is 10.4. The van der Waals surface area contributed by atoms with E-state index in [-0.39, 0.29) is 24.5 Å². The highest BCUT2D eigenvalue weighted by molar-refractivity contribution is 5.71. The molecule has 0 aliphatic heterocycles. The number of azide groups is 1. The molecule has 0 heterocycles. The highest BCUT2D eigenvalue weighted by atomic mass is 16.6. The molecule has 30 heavy (non-hydrogen) atoms. The minimum atomic E-state index is -0.532. The largest absolute Gasteiger partial charge is 0.460 e. The fourth-order valence-electron chi connectivity index (χ4n) is 3.55. The van der Waals surface area contributed by atoms with Crippen molar-refractivity contribution in [1.82, 2.24) is 4.90 Å². The van der Waals surface area contributed by atoms with Crippen molar-refractivity contribution < 1.29 is 9.53 Å². The van der Waals surface area contributed by atoms with Crippen LogP contribution < -0.4 is 0 Å². The van der Waals surface area contributed by atoms with Gasteiger partial charge in [-0.2, -0.15) is 0 Å². The zero-order chi connectivity index (χ0) is 22.0. The van der Waals surface area contributed by atoms with Crippen LogP contribution in [0.15, 0.2) is 65.8 Å². The number of hydrogen-bond acceptors (Lipinski definition) is 4. The van der Waals surface area contributed by atoms with E-state index in [1.165, 1.54) is 5.56 Å². The van der Waals surface area contributed by atoms with Crippen LogP contribution in [-0.2, 0) is 9.53 Å². The van der Waals surface area contributed by atoms with Gasteiger partial charge in [-0.15, -0.1) is 0 Å². The van der Waals surface area contributed by atoms with Crippen LogP contribution in [0.3, 0.4) is 0 Å². The number of esters is 1. The Kier molecular flexibility index (Phi) is 8.90. The molecule has 0 fully saturated rings. The number of carbonyl (C=O) groups is 1. The molecule has 0 amide bonds. The summed E-state index contributed by atoms with van der Waals surface area (Å²) < 4.78 is 5.64. The van der Waals surface area contributed by atoms with Gasteiger partial charge < -0.3 is 4.74 Å². The minimum absolute atomic E-state index is 0.0740. The normalized spacial score (nSPS) is 13.4. The van der Waals surface area contributed by atoms with Crippen LogP contribution in [0.4, 0.5) is 0 Å². The van der Waals surface area contributed by atoms with Gasteiger partial charge in [-0.1, -0.05) is 65.8 Å². The molecule has 2 aromatic carbocycles. The Morgan fingerprint density at radius 1 is 1.07 bits per heavy atom. The molecule has 6 nitrogen and oxygen atoms in total. The van der Waals surface area contributed by atoms with Crippen LogP contribution in [0.5, 0.6) is 0 Å². The predicted octanol–water partition coefficient (Wildman–Crippen LogP) is 6.22. The van der Waals surface area contributed by atoms with E-state index in [1.54, 1.807) is 0 Å². The Hall–Kier alpha value is -2.82. The topological polar surface area (TPSA) is 78.3 Å². The fraction of sp³-hybridized carbons (Fsp3) is 0.458. The van der Waals surface area contributed by atoms with Crippen molar-refractivity contribution in [2.75, 3.05) is 13.1 Å². The monoisotopic (exact) mass is 408 g/mol. The molecule has 0 spiro atoms. The molecule has 0 bridgehead atoms. The van der Waals surface area contributed by atoms with Gasteiger partial charge in [0.25, 0.3) is 0 Å². The van der Waals surface area contributed by atoms with E-state index in [0.29, 0.717) is 19.5 Å². The fourth-order valence-corrected chi connectivity index (χ4v) is 3.55. The molecular weight excluding hydrogens is 376 g/mol. The number of nitrogens with zero attached hydrogens (tertiary/aromatic N) is 4. The van der Waals surface area contributed by atoms with E-state index in [2.05, 4.69) is 34.0 Å². The molecule has 0 aromatic heterocycles. The predicted molar refractivity (Wildman–Crippen MR) is 120 cm³/mol. The maximum Gasteiger partial charge on any atom is 0.308 e. The van der Waals surface area contributed by atoms with Crippen molar-refractivity contribution in [3.63, 3.8) is 0 Å². The third kappa shape index (κ3) is 7.54. The van der Waals surface area contributed by atoms with Gasteiger partial charge in [0.1, 0.15) is 5.60 Å². The molecule has 2 aromatic rings. The molecule has 0 aliphatic carbocycles. The maximum absolute atomic E-state index is 12.8. The van der Waals surface area contributed by atoms with Crippen molar-refractivity contribution in [2.24, 2.45) is 5.11 Å². The lowest BCUT2D eigenvalue weighted by Gasteiger charge is -2.37. The first-order valence-electron chi connectivity index (χ1n) is 10.4. The molecular formula is C24H32N4O2. The van der Waals surface area contributed by atoms with Gasteiger partial charge in [0, 0.05) is 23.5 Å². The molecule has 0 N–H and O–H groups in total. The molecule has 0 unspecified atom stereocenters. The van der Waals surface area contributed by atoms with Gasteiger partial charge in [-0.25, -0.2) is 0 Å². The second kappa shape index (κ2) is 11.4. The first kappa shape index (κ1) is 23.5. The van der Waals surface area contributed by atoms with E-state index < -0.39 is 5.60 Å². The van der Waals surface area contributed by atoms with Gasteiger partial charge in [-0.05, 0) is 57.3 Å². The summed E-state index contributed by atoms with van der Waals surface area (Å²) in [6.45, 7) is 8.90. The summed E-state index contributed by atoms with van der Waals surface area (Å²) in [5.74, 6) is -0.225. The zero-order valence-electron chi connectivity index (χ0n) is 18.4. The molecule has 160 valence electrons. The van der Waals surface area contributed by atoms with Gasteiger partial charge >= 0.3 is 5.97 Å². The van der Waals surface area contributed by atoms with Crippen LogP contribution in [-0.4, -0.2) is 29.6 Å². The van der Waals surface area contributed by atoms with Gasteiger partial charge in [0.2, 0.25) is 0 Å². The number of hydrogen-bond donors (Lipinski definition) is 0. The van der Waals surface area contributed by atoms with E-state index >= 15 is 0 Å². The lowest BCUT2D eigenvalue weighted by Crippen LogP contribution is -2.35.